The van der Waals surface area contributed by atoms with Gasteiger partial charge in [-0.25, -0.2) is 4.98 Å². The van der Waals surface area contributed by atoms with Gasteiger partial charge < -0.3 is 4.90 Å². The average molecular weight is 676 g/mol. The van der Waals surface area contributed by atoms with E-state index in [-0.39, 0.29) is 0 Å². The summed E-state index contributed by atoms with van der Waals surface area (Å²) in [5.74, 6) is 0.945. The molecule has 0 amide bonds. The Labute approximate surface area is 308 Å². The van der Waals surface area contributed by atoms with E-state index in [1.165, 1.54) is 38.9 Å². The van der Waals surface area contributed by atoms with Gasteiger partial charge in [-0.3, -0.25) is 4.57 Å². The maximum atomic E-state index is 5.23. The standard InChI is InChI=1S/C50H33N3/c1-5-16-34(17-6-1)49-51-44-26-15-27-46-48(44)53(49)45-31-29-36(33-47(45)52(46)39-22-11-4-12-23-39)35-28-30-41-40-24-13-14-25-42(40)50(43(41)32-35,37-18-7-2-8-19-37)38-20-9-3-10-21-38/h1-33H. The molecule has 0 atom stereocenters. The monoisotopic (exact) mass is 675 g/mol. The lowest BCUT2D eigenvalue weighted by molar-refractivity contribution is 0.769. The number of fused-ring (bicyclic) bond motifs is 5. The van der Waals surface area contributed by atoms with E-state index in [0.717, 1.165) is 50.7 Å². The van der Waals surface area contributed by atoms with Crippen molar-refractivity contribution in [1.29, 1.82) is 0 Å². The number of hydrogen-bond acceptors (Lipinski definition) is 2. The lowest BCUT2D eigenvalue weighted by atomic mass is 9.67. The highest BCUT2D eigenvalue weighted by molar-refractivity contribution is 6.03. The first-order valence-electron chi connectivity index (χ1n) is 18.2. The molecule has 0 N–H and O–H groups in total. The Morgan fingerprint density at radius 2 is 1.00 bits per heavy atom. The molecule has 53 heavy (non-hydrogen) atoms. The lowest BCUT2D eigenvalue weighted by Crippen LogP contribution is -2.28. The molecule has 9 aromatic rings. The van der Waals surface area contributed by atoms with Crippen molar-refractivity contribution in [3.8, 4) is 39.3 Å². The molecular weight excluding hydrogens is 643 g/mol. The van der Waals surface area contributed by atoms with Crippen LogP contribution in [-0.2, 0) is 5.41 Å². The summed E-state index contributed by atoms with van der Waals surface area (Å²) in [7, 11) is 0. The number of hydrogen-bond donors (Lipinski definition) is 0. The first-order valence-corrected chi connectivity index (χ1v) is 18.2. The molecule has 2 heterocycles. The fourth-order valence-corrected chi connectivity index (χ4v) is 8.98. The van der Waals surface area contributed by atoms with Gasteiger partial charge in [-0.15, -0.1) is 0 Å². The second-order valence-corrected chi connectivity index (χ2v) is 13.9. The van der Waals surface area contributed by atoms with Crippen molar-refractivity contribution in [2.24, 2.45) is 0 Å². The van der Waals surface area contributed by atoms with Crippen molar-refractivity contribution in [3.63, 3.8) is 0 Å². The zero-order valence-corrected chi connectivity index (χ0v) is 28.9. The maximum absolute atomic E-state index is 5.23. The number of imidazole rings is 1. The zero-order chi connectivity index (χ0) is 34.9. The van der Waals surface area contributed by atoms with Crippen LogP contribution in [-0.4, -0.2) is 9.55 Å². The molecule has 248 valence electrons. The fraction of sp³-hybridized carbons (Fsp3) is 0.0200. The summed E-state index contributed by atoms with van der Waals surface area (Å²) in [4.78, 5) is 7.63. The van der Waals surface area contributed by atoms with Crippen molar-refractivity contribution in [3.05, 3.63) is 222 Å². The first-order chi connectivity index (χ1) is 26.3. The molecule has 1 aromatic heterocycles. The minimum Gasteiger partial charge on any atom is -0.306 e. The minimum atomic E-state index is -0.458. The van der Waals surface area contributed by atoms with E-state index in [1.54, 1.807) is 0 Å². The number of para-hydroxylation sites is 2. The quantitative estimate of drug-likeness (QED) is 0.181. The molecule has 0 fully saturated rings. The van der Waals surface area contributed by atoms with E-state index in [1.807, 2.05) is 0 Å². The van der Waals surface area contributed by atoms with Crippen LogP contribution >= 0.6 is 0 Å². The molecule has 1 aliphatic heterocycles. The van der Waals surface area contributed by atoms with Gasteiger partial charge in [0.15, 0.2) is 0 Å². The van der Waals surface area contributed by atoms with Gasteiger partial charge in [0.05, 0.1) is 33.5 Å². The molecule has 0 radical (unpaired) electrons. The van der Waals surface area contributed by atoms with Crippen LogP contribution in [0, 0.1) is 0 Å². The Kier molecular flexibility index (Phi) is 6.47. The van der Waals surface area contributed by atoms with Crippen LogP contribution < -0.4 is 4.90 Å². The van der Waals surface area contributed by atoms with Gasteiger partial charge in [-0.05, 0) is 87.0 Å². The van der Waals surface area contributed by atoms with E-state index in [0.29, 0.717) is 0 Å². The van der Waals surface area contributed by atoms with E-state index in [4.69, 9.17) is 4.98 Å². The fourth-order valence-electron chi connectivity index (χ4n) is 8.98. The van der Waals surface area contributed by atoms with E-state index in [2.05, 4.69) is 210 Å². The summed E-state index contributed by atoms with van der Waals surface area (Å²) in [5, 5.41) is 0. The van der Waals surface area contributed by atoms with Crippen LogP contribution in [0.25, 0.3) is 50.4 Å². The third kappa shape index (κ3) is 4.25. The summed E-state index contributed by atoms with van der Waals surface area (Å²) in [6, 6.07) is 72.7. The van der Waals surface area contributed by atoms with E-state index in [9.17, 15) is 0 Å². The van der Waals surface area contributed by atoms with E-state index < -0.39 is 5.41 Å². The van der Waals surface area contributed by atoms with Gasteiger partial charge in [0.1, 0.15) is 5.82 Å². The van der Waals surface area contributed by atoms with Crippen LogP contribution in [0.5, 0.6) is 0 Å². The molecule has 0 spiro atoms. The van der Waals surface area contributed by atoms with Gasteiger partial charge in [0, 0.05) is 11.3 Å². The Balaban J connectivity index is 1.17. The van der Waals surface area contributed by atoms with Crippen LogP contribution in [0.3, 0.4) is 0 Å². The van der Waals surface area contributed by atoms with Crippen molar-refractivity contribution in [2.75, 3.05) is 4.90 Å². The highest BCUT2D eigenvalue weighted by Gasteiger charge is 2.46. The Hall–Kier alpha value is -6.97. The average Bonchev–Trinajstić information content (AvgIpc) is 3.77. The molecule has 0 saturated heterocycles. The lowest BCUT2D eigenvalue weighted by Gasteiger charge is -2.34. The second kappa shape index (κ2) is 11.5. The van der Waals surface area contributed by atoms with Crippen LogP contribution in [0.15, 0.2) is 200 Å². The van der Waals surface area contributed by atoms with Crippen molar-refractivity contribution < 1.29 is 0 Å². The number of rotatable bonds is 5. The predicted molar refractivity (Wildman–Crippen MR) is 217 cm³/mol. The van der Waals surface area contributed by atoms with Crippen molar-refractivity contribution >= 4 is 28.1 Å². The SMILES string of the molecule is c1ccc(-c2nc3cccc4c3n2-c2ccc(-c3ccc5c(c3)C(c3ccccc3)(c3ccccc3)c3ccccc3-5)cc2N4c2ccccc2)cc1. The smallest absolute Gasteiger partial charge is 0.145 e. The Morgan fingerprint density at radius 3 is 1.74 bits per heavy atom. The van der Waals surface area contributed by atoms with E-state index >= 15 is 0 Å². The summed E-state index contributed by atoms with van der Waals surface area (Å²) >= 11 is 0. The Morgan fingerprint density at radius 1 is 0.396 bits per heavy atom. The van der Waals surface area contributed by atoms with Crippen LogP contribution in [0.1, 0.15) is 22.3 Å². The summed E-state index contributed by atoms with van der Waals surface area (Å²) in [5.41, 5.74) is 17.3. The highest BCUT2D eigenvalue weighted by Crippen LogP contribution is 2.57. The second-order valence-electron chi connectivity index (χ2n) is 13.9. The third-order valence-corrected chi connectivity index (χ3v) is 11.2. The number of benzene rings is 8. The van der Waals surface area contributed by atoms with Gasteiger partial charge in [-0.2, -0.15) is 0 Å². The molecule has 0 saturated carbocycles. The van der Waals surface area contributed by atoms with Gasteiger partial charge in [0.25, 0.3) is 0 Å². The minimum absolute atomic E-state index is 0.458. The van der Waals surface area contributed by atoms with Crippen molar-refractivity contribution in [2.45, 2.75) is 5.41 Å². The normalized spacial score (nSPS) is 13.4. The Bertz CT molecular complexity index is 2780. The molecule has 0 bridgehead atoms. The number of anilines is 3. The molecule has 2 aliphatic rings. The van der Waals surface area contributed by atoms with Gasteiger partial charge >= 0.3 is 0 Å². The number of aromatic nitrogens is 2. The topological polar surface area (TPSA) is 21.1 Å². The summed E-state index contributed by atoms with van der Waals surface area (Å²) < 4.78 is 2.35. The van der Waals surface area contributed by atoms with Gasteiger partial charge in [-0.1, -0.05) is 158 Å². The molecule has 3 nitrogen and oxygen atoms in total. The van der Waals surface area contributed by atoms with Gasteiger partial charge in [0.2, 0.25) is 0 Å². The largest absolute Gasteiger partial charge is 0.306 e. The summed E-state index contributed by atoms with van der Waals surface area (Å²) in [6.07, 6.45) is 0. The highest BCUT2D eigenvalue weighted by atomic mass is 15.2. The van der Waals surface area contributed by atoms with Crippen molar-refractivity contribution in [1.82, 2.24) is 9.55 Å². The first kappa shape index (κ1) is 29.7. The maximum Gasteiger partial charge on any atom is 0.145 e. The zero-order valence-electron chi connectivity index (χ0n) is 28.9. The molecule has 3 heteroatoms. The molecule has 0 unspecified atom stereocenters. The van der Waals surface area contributed by atoms with Crippen LogP contribution in [0.2, 0.25) is 0 Å². The third-order valence-electron chi connectivity index (χ3n) is 11.2. The molecule has 8 aromatic carbocycles. The number of nitrogens with zero attached hydrogens (tertiary/aromatic N) is 3. The molecule has 1 aliphatic carbocycles. The van der Waals surface area contributed by atoms with Crippen LogP contribution in [0.4, 0.5) is 17.1 Å². The molecule has 11 rings (SSSR count). The summed E-state index contributed by atoms with van der Waals surface area (Å²) in [6.45, 7) is 0. The predicted octanol–water partition coefficient (Wildman–Crippen LogP) is 12.5. The molecular formula is C50H33N3.